The van der Waals surface area contributed by atoms with E-state index >= 15 is 0 Å². The number of aryl methyl sites for hydroxylation is 1. The van der Waals surface area contributed by atoms with Gasteiger partial charge in [-0.3, -0.25) is 9.59 Å². The summed E-state index contributed by atoms with van der Waals surface area (Å²) in [4.78, 5) is 24.3. The zero-order valence-corrected chi connectivity index (χ0v) is 15.5. The first kappa shape index (κ1) is 18.1. The Kier molecular flexibility index (Phi) is 4.72. The summed E-state index contributed by atoms with van der Waals surface area (Å²) in [7, 11) is -3.77. The number of fused-ring (bicyclic) bond motifs is 1. The maximum Gasteiger partial charge on any atom is 0.303 e. The van der Waals surface area contributed by atoms with Gasteiger partial charge in [-0.25, -0.2) is 8.42 Å². The lowest BCUT2D eigenvalue weighted by Crippen LogP contribution is -2.51. The number of Topliss-reactive ketones (excluding diaryl/α,β-unsaturated/α-hetero) is 1. The van der Waals surface area contributed by atoms with Crippen LogP contribution < -0.4 is 0 Å². The largest absolute Gasteiger partial charge is 0.454 e. The van der Waals surface area contributed by atoms with Gasteiger partial charge in [0.25, 0.3) is 0 Å². The van der Waals surface area contributed by atoms with Crippen LogP contribution in [0.5, 0.6) is 0 Å². The van der Waals surface area contributed by atoms with Crippen molar-refractivity contribution in [3.63, 3.8) is 0 Å². The normalized spacial score (nSPS) is 30.1. The fourth-order valence-electron chi connectivity index (χ4n) is 3.94. The number of hydrogen-bond acceptors (Lipinski definition) is 5. The standard InChI is InChI=1S/C18H23NO5S/c1-11-4-6-14(7-5-11)25(22,23)19-10-12(2)15-8-9-16(24-13(3)20)18(21)17(15)19/h4-7,12,15-17H,8-10H2,1-3H3/t12-,15-,16+,17+/m1/s1. The maximum atomic E-state index is 13.1. The molecule has 0 amide bonds. The van der Waals surface area contributed by atoms with Gasteiger partial charge in [-0.1, -0.05) is 24.6 Å². The summed E-state index contributed by atoms with van der Waals surface area (Å²) in [6.45, 7) is 5.43. The molecule has 1 heterocycles. The summed E-state index contributed by atoms with van der Waals surface area (Å²) < 4.78 is 32.6. The number of sulfonamides is 1. The first-order valence-electron chi connectivity index (χ1n) is 8.51. The van der Waals surface area contributed by atoms with Crippen LogP contribution in [0, 0.1) is 18.8 Å². The fraction of sp³-hybridized carbons (Fsp3) is 0.556. The van der Waals surface area contributed by atoms with E-state index in [1.807, 2.05) is 13.8 Å². The molecule has 1 saturated heterocycles. The number of ether oxygens (including phenoxy) is 1. The Hall–Kier alpha value is -1.73. The first-order chi connectivity index (χ1) is 11.7. The minimum Gasteiger partial charge on any atom is -0.454 e. The number of rotatable bonds is 3. The second-order valence-electron chi connectivity index (χ2n) is 7.05. The van der Waals surface area contributed by atoms with Crippen LogP contribution >= 0.6 is 0 Å². The van der Waals surface area contributed by atoms with Gasteiger partial charge >= 0.3 is 5.97 Å². The van der Waals surface area contributed by atoms with Gasteiger partial charge < -0.3 is 4.74 Å². The SMILES string of the molecule is CC(=O)O[C@H]1CC[C@@H]2[C@H](C)CN(S(=O)(=O)c3ccc(C)cc3)[C@@H]2C1=O. The Balaban J connectivity index is 1.94. The van der Waals surface area contributed by atoms with Crippen molar-refractivity contribution in [2.45, 2.75) is 50.7 Å². The predicted molar refractivity (Wildman–Crippen MR) is 91.3 cm³/mol. The van der Waals surface area contributed by atoms with Crippen molar-refractivity contribution >= 4 is 21.8 Å². The molecule has 0 unspecified atom stereocenters. The zero-order valence-electron chi connectivity index (χ0n) is 14.6. The number of carbonyl (C=O) groups excluding carboxylic acids is 2. The fourth-order valence-corrected chi connectivity index (χ4v) is 5.68. The molecule has 6 nitrogen and oxygen atoms in total. The summed E-state index contributed by atoms with van der Waals surface area (Å²) in [5.74, 6) is -0.755. The Labute approximate surface area is 148 Å². The van der Waals surface area contributed by atoms with Crippen molar-refractivity contribution in [3.8, 4) is 0 Å². The van der Waals surface area contributed by atoms with Gasteiger partial charge in [-0.2, -0.15) is 4.31 Å². The highest BCUT2D eigenvalue weighted by Gasteiger charge is 2.53. The van der Waals surface area contributed by atoms with Crippen LogP contribution in [0.2, 0.25) is 0 Å². The monoisotopic (exact) mass is 365 g/mol. The molecule has 25 heavy (non-hydrogen) atoms. The molecule has 0 spiro atoms. The molecule has 3 rings (SSSR count). The highest BCUT2D eigenvalue weighted by Crippen LogP contribution is 2.41. The van der Waals surface area contributed by atoms with E-state index in [1.54, 1.807) is 24.3 Å². The smallest absolute Gasteiger partial charge is 0.303 e. The Morgan fingerprint density at radius 2 is 1.84 bits per heavy atom. The Morgan fingerprint density at radius 3 is 2.44 bits per heavy atom. The van der Waals surface area contributed by atoms with E-state index < -0.39 is 28.1 Å². The number of hydrogen-bond donors (Lipinski definition) is 0. The molecule has 0 N–H and O–H groups in total. The summed E-state index contributed by atoms with van der Waals surface area (Å²) in [6.07, 6.45) is 0.289. The topological polar surface area (TPSA) is 80.8 Å². The lowest BCUT2D eigenvalue weighted by Gasteiger charge is -2.34. The third-order valence-electron chi connectivity index (χ3n) is 5.22. The van der Waals surface area contributed by atoms with Gasteiger partial charge in [0.1, 0.15) is 0 Å². The van der Waals surface area contributed by atoms with Crippen LogP contribution in [0.4, 0.5) is 0 Å². The van der Waals surface area contributed by atoms with Crippen LogP contribution in [0.25, 0.3) is 0 Å². The van der Waals surface area contributed by atoms with Gasteiger partial charge in [0.05, 0.1) is 10.9 Å². The first-order valence-corrected chi connectivity index (χ1v) is 9.95. The van der Waals surface area contributed by atoms with E-state index in [0.717, 1.165) is 5.56 Å². The third-order valence-corrected chi connectivity index (χ3v) is 7.08. The number of nitrogens with zero attached hydrogens (tertiary/aromatic N) is 1. The van der Waals surface area contributed by atoms with Crippen LogP contribution in [-0.4, -0.2) is 43.2 Å². The molecule has 136 valence electrons. The van der Waals surface area contributed by atoms with Gasteiger partial charge in [-0.05, 0) is 43.7 Å². The molecule has 2 aliphatic rings. The minimum absolute atomic E-state index is 0.0282. The van der Waals surface area contributed by atoms with Crippen molar-refractivity contribution < 1.29 is 22.7 Å². The molecule has 0 radical (unpaired) electrons. The zero-order chi connectivity index (χ0) is 18.4. The predicted octanol–water partition coefficient (Wildman–Crippen LogP) is 1.91. The lowest BCUT2D eigenvalue weighted by atomic mass is 9.78. The van der Waals surface area contributed by atoms with Crippen molar-refractivity contribution in [2.75, 3.05) is 6.54 Å². The molecule has 1 saturated carbocycles. The third kappa shape index (κ3) is 3.22. The van der Waals surface area contributed by atoms with E-state index in [0.29, 0.717) is 19.4 Å². The van der Waals surface area contributed by atoms with Crippen LogP contribution in [0.1, 0.15) is 32.3 Å². The van der Waals surface area contributed by atoms with Gasteiger partial charge in [0.15, 0.2) is 11.9 Å². The van der Waals surface area contributed by atoms with Crippen LogP contribution in [0.3, 0.4) is 0 Å². The molecule has 1 aromatic carbocycles. The summed E-state index contributed by atoms with van der Waals surface area (Å²) in [5.41, 5.74) is 0.968. The maximum absolute atomic E-state index is 13.1. The molecule has 0 bridgehead atoms. The van der Waals surface area contributed by atoms with E-state index in [9.17, 15) is 18.0 Å². The van der Waals surface area contributed by atoms with E-state index in [2.05, 4.69) is 0 Å². The second kappa shape index (κ2) is 6.53. The number of esters is 1. The summed E-state index contributed by atoms with van der Waals surface area (Å²) >= 11 is 0. The van der Waals surface area contributed by atoms with Crippen molar-refractivity contribution in [1.29, 1.82) is 0 Å². The summed E-state index contributed by atoms with van der Waals surface area (Å²) in [6, 6.07) is 5.88. The van der Waals surface area contributed by atoms with Crippen molar-refractivity contribution in [1.82, 2.24) is 4.31 Å². The lowest BCUT2D eigenvalue weighted by molar-refractivity contribution is -0.157. The average molecular weight is 365 g/mol. The molecule has 4 atom stereocenters. The molecular formula is C18H23NO5S. The quantitative estimate of drug-likeness (QED) is 0.765. The number of ketones is 1. The second-order valence-corrected chi connectivity index (χ2v) is 8.94. The Morgan fingerprint density at radius 1 is 1.20 bits per heavy atom. The van der Waals surface area contributed by atoms with E-state index in [-0.39, 0.29) is 22.5 Å². The van der Waals surface area contributed by atoms with Gasteiger partial charge in [-0.15, -0.1) is 0 Å². The van der Waals surface area contributed by atoms with Crippen LogP contribution in [-0.2, 0) is 24.3 Å². The van der Waals surface area contributed by atoms with Gasteiger partial charge in [0.2, 0.25) is 10.0 Å². The molecule has 0 aromatic heterocycles. The number of carbonyl (C=O) groups is 2. The van der Waals surface area contributed by atoms with E-state index in [1.165, 1.54) is 11.2 Å². The molecule has 1 aromatic rings. The van der Waals surface area contributed by atoms with Crippen LogP contribution in [0.15, 0.2) is 29.2 Å². The molecule has 7 heteroatoms. The van der Waals surface area contributed by atoms with Crippen molar-refractivity contribution in [3.05, 3.63) is 29.8 Å². The highest BCUT2D eigenvalue weighted by atomic mass is 32.2. The summed E-state index contributed by atoms with van der Waals surface area (Å²) in [5, 5.41) is 0. The van der Waals surface area contributed by atoms with Crippen molar-refractivity contribution in [2.24, 2.45) is 11.8 Å². The molecule has 1 aliphatic heterocycles. The molecule has 2 fully saturated rings. The molecular weight excluding hydrogens is 342 g/mol. The van der Waals surface area contributed by atoms with Gasteiger partial charge in [0, 0.05) is 13.5 Å². The van der Waals surface area contributed by atoms with E-state index in [4.69, 9.17) is 4.74 Å². The minimum atomic E-state index is -3.77. The number of benzene rings is 1. The Bertz CT molecular complexity index is 786. The molecule has 1 aliphatic carbocycles. The highest BCUT2D eigenvalue weighted by molar-refractivity contribution is 7.89. The average Bonchev–Trinajstić information content (AvgIpc) is 2.89.